The number of furan rings is 1. The molecule has 9 nitrogen and oxygen atoms in total. The number of carbonyl (C=O) groups is 3. The van der Waals surface area contributed by atoms with E-state index < -0.39 is 17.9 Å². The molecule has 0 atom stereocenters. The van der Waals surface area contributed by atoms with E-state index in [0.29, 0.717) is 26.6 Å². The van der Waals surface area contributed by atoms with Crippen LogP contribution in [0.25, 0.3) is 6.08 Å². The van der Waals surface area contributed by atoms with Crippen molar-refractivity contribution in [2.45, 2.75) is 13.2 Å². The number of esters is 1. The minimum absolute atomic E-state index is 0.0287. The molecule has 0 aliphatic carbocycles. The molecule has 0 radical (unpaired) electrons. The normalized spacial score (nSPS) is 14.2. The van der Waals surface area contributed by atoms with Crippen LogP contribution in [0.4, 0.5) is 4.79 Å². The van der Waals surface area contributed by atoms with E-state index in [2.05, 4.69) is 26.0 Å². The van der Waals surface area contributed by atoms with Crippen LogP contribution in [0.2, 0.25) is 5.02 Å². The third-order valence-electron chi connectivity index (χ3n) is 5.19. The number of carbonyl (C=O) groups excluding carboxylic acids is 3. The summed E-state index contributed by atoms with van der Waals surface area (Å²) in [6.07, 6.45) is 1.51. The number of benzene rings is 2. The Morgan fingerprint density at radius 1 is 1.14 bits per heavy atom. The molecule has 0 unspecified atom stereocenters. The van der Waals surface area contributed by atoms with Gasteiger partial charge in [-0.25, -0.2) is 9.59 Å². The van der Waals surface area contributed by atoms with Crippen LogP contribution in [-0.4, -0.2) is 37.0 Å². The number of nitrogens with one attached hydrogen (secondary N) is 1. The van der Waals surface area contributed by atoms with Crippen LogP contribution in [0.1, 0.15) is 27.4 Å². The molecular formula is C25H20BrClN2O7. The van der Waals surface area contributed by atoms with Gasteiger partial charge in [-0.05, 0) is 48.0 Å². The van der Waals surface area contributed by atoms with Crippen molar-refractivity contribution in [1.82, 2.24) is 10.2 Å². The lowest BCUT2D eigenvalue weighted by molar-refractivity contribution is -0.123. The second-order valence-corrected chi connectivity index (χ2v) is 8.93. The Balaban J connectivity index is 1.59. The Morgan fingerprint density at radius 3 is 2.58 bits per heavy atom. The van der Waals surface area contributed by atoms with E-state index >= 15 is 0 Å². The van der Waals surface area contributed by atoms with Gasteiger partial charge in [0.2, 0.25) is 5.76 Å². The van der Waals surface area contributed by atoms with Crippen LogP contribution in [0.3, 0.4) is 0 Å². The van der Waals surface area contributed by atoms with Gasteiger partial charge in [0.1, 0.15) is 18.1 Å². The molecule has 1 fully saturated rings. The highest BCUT2D eigenvalue weighted by molar-refractivity contribution is 9.10. The third kappa shape index (κ3) is 5.55. The molecule has 0 spiro atoms. The highest BCUT2D eigenvalue weighted by atomic mass is 79.9. The molecule has 1 aliphatic rings. The van der Waals surface area contributed by atoms with Crippen molar-refractivity contribution in [2.75, 3.05) is 14.2 Å². The second kappa shape index (κ2) is 10.9. The van der Waals surface area contributed by atoms with Crippen molar-refractivity contribution < 1.29 is 33.0 Å². The molecule has 3 aromatic rings. The monoisotopic (exact) mass is 574 g/mol. The van der Waals surface area contributed by atoms with Gasteiger partial charge in [0.25, 0.3) is 5.91 Å². The first kappa shape index (κ1) is 25.3. The minimum Gasteiger partial charge on any atom is -0.493 e. The van der Waals surface area contributed by atoms with E-state index in [0.717, 1.165) is 10.5 Å². The number of amides is 3. The van der Waals surface area contributed by atoms with E-state index in [-0.39, 0.29) is 30.4 Å². The predicted octanol–water partition coefficient (Wildman–Crippen LogP) is 5.16. The van der Waals surface area contributed by atoms with Gasteiger partial charge >= 0.3 is 12.0 Å². The van der Waals surface area contributed by atoms with E-state index in [1.54, 1.807) is 24.3 Å². The van der Waals surface area contributed by atoms with Crippen LogP contribution in [-0.2, 0) is 22.7 Å². The topological polar surface area (TPSA) is 107 Å². The van der Waals surface area contributed by atoms with Crippen LogP contribution in [0.5, 0.6) is 11.5 Å². The van der Waals surface area contributed by atoms with Crippen LogP contribution < -0.4 is 14.8 Å². The smallest absolute Gasteiger partial charge is 0.373 e. The number of rotatable bonds is 8. The number of nitrogens with zero attached hydrogens (tertiary/aromatic N) is 1. The Hall–Kier alpha value is -3.76. The quantitative estimate of drug-likeness (QED) is 0.225. The first-order valence-electron chi connectivity index (χ1n) is 10.6. The fraction of sp³-hybridized carbons (Fsp3) is 0.160. The summed E-state index contributed by atoms with van der Waals surface area (Å²) in [5.41, 5.74) is 1.42. The fourth-order valence-corrected chi connectivity index (χ4v) is 4.02. The largest absolute Gasteiger partial charge is 0.493 e. The number of urea groups is 1. The van der Waals surface area contributed by atoms with Gasteiger partial charge < -0.3 is 23.9 Å². The molecule has 0 bridgehead atoms. The lowest BCUT2D eigenvalue weighted by Gasteiger charge is -2.15. The number of methoxy groups -OCH3 is 2. The minimum atomic E-state index is -0.659. The predicted molar refractivity (Wildman–Crippen MR) is 134 cm³/mol. The van der Waals surface area contributed by atoms with Gasteiger partial charge in [0, 0.05) is 15.1 Å². The highest BCUT2D eigenvalue weighted by Gasteiger charge is 2.34. The fourth-order valence-electron chi connectivity index (χ4n) is 3.44. The first-order chi connectivity index (χ1) is 17.3. The summed E-state index contributed by atoms with van der Waals surface area (Å²) in [6.45, 7) is 0.0551. The molecule has 1 saturated heterocycles. The lowest BCUT2D eigenvalue weighted by atomic mass is 10.1. The molecule has 1 aliphatic heterocycles. The van der Waals surface area contributed by atoms with Crippen molar-refractivity contribution in [3.63, 3.8) is 0 Å². The number of halogens is 2. The van der Waals surface area contributed by atoms with Crippen LogP contribution >= 0.6 is 27.5 Å². The van der Waals surface area contributed by atoms with Gasteiger partial charge in [0.05, 0.1) is 20.8 Å². The zero-order chi connectivity index (χ0) is 25.8. The summed E-state index contributed by atoms with van der Waals surface area (Å²) in [5, 5.41) is 3.18. The molecular weight excluding hydrogens is 556 g/mol. The summed E-state index contributed by atoms with van der Waals surface area (Å²) in [4.78, 5) is 38.1. The van der Waals surface area contributed by atoms with Gasteiger partial charge in [0.15, 0.2) is 11.5 Å². The standard InChI is InChI=1S/C25H20BrClN2O7/c1-33-21-11-16(26)9-15(22(21)35-13-14-3-5-17(27)6-4-14)10-19-23(30)29(25(32)28-19)12-18-7-8-20(36-18)24(31)34-2/h3-11H,12-13H2,1-2H3,(H,28,32)/b19-10+. The van der Waals surface area contributed by atoms with Crippen molar-refractivity contribution in [2.24, 2.45) is 0 Å². The molecule has 2 aromatic carbocycles. The zero-order valence-electron chi connectivity index (χ0n) is 19.2. The maximum absolute atomic E-state index is 13.0. The summed E-state index contributed by atoms with van der Waals surface area (Å²) in [6, 6.07) is 12.9. The average molecular weight is 576 g/mol. The van der Waals surface area contributed by atoms with E-state index in [1.165, 1.54) is 32.4 Å². The molecule has 0 saturated carbocycles. The first-order valence-corrected chi connectivity index (χ1v) is 11.7. The summed E-state index contributed by atoms with van der Waals surface area (Å²) in [7, 11) is 2.73. The van der Waals surface area contributed by atoms with Crippen LogP contribution in [0, 0.1) is 0 Å². The molecule has 186 valence electrons. The van der Waals surface area contributed by atoms with E-state index in [4.69, 9.17) is 25.5 Å². The maximum atomic E-state index is 13.0. The maximum Gasteiger partial charge on any atom is 0.373 e. The molecule has 4 rings (SSSR count). The number of hydrogen-bond donors (Lipinski definition) is 1. The van der Waals surface area contributed by atoms with E-state index in [9.17, 15) is 14.4 Å². The third-order valence-corrected chi connectivity index (χ3v) is 5.90. The van der Waals surface area contributed by atoms with Crippen LogP contribution in [0.15, 0.2) is 63.1 Å². The second-order valence-electron chi connectivity index (χ2n) is 7.58. The molecule has 2 heterocycles. The lowest BCUT2D eigenvalue weighted by Crippen LogP contribution is -2.30. The Kier molecular flexibility index (Phi) is 7.66. The Morgan fingerprint density at radius 2 is 1.89 bits per heavy atom. The van der Waals surface area contributed by atoms with Gasteiger partial charge in [-0.15, -0.1) is 0 Å². The molecule has 3 amide bonds. The number of ether oxygens (including phenoxy) is 3. The number of hydrogen-bond acceptors (Lipinski definition) is 7. The van der Waals surface area contributed by atoms with Crippen molar-refractivity contribution >= 4 is 51.5 Å². The Bertz CT molecular complexity index is 1350. The van der Waals surface area contributed by atoms with Crippen molar-refractivity contribution in [1.29, 1.82) is 0 Å². The molecule has 1 N–H and O–H groups in total. The van der Waals surface area contributed by atoms with Crippen molar-refractivity contribution in [3.05, 3.63) is 86.4 Å². The summed E-state index contributed by atoms with van der Waals surface area (Å²) >= 11 is 9.39. The van der Waals surface area contributed by atoms with Gasteiger partial charge in [-0.1, -0.05) is 39.7 Å². The molecule has 1 aromatic heterocycles. The Labute approximate surface area is 219 Å². The highest BCUT2D eigenvalue weighted by Crippen LogP contribution is 2.37. The average Bonchev–Trinajstić information content (AvgIpc) is 3.44. The number of imide groups is 1. The zero-order valence-corrected chi connectivity index (χ0v) is 21.5. The molecule has 36 heavy (non-hydrogen) atoms. The summed E-state index contributed by atoms with van der Waals surface area (Å²) in [5.74, 6) is -0.190. The van der Waals surface area contributed by atoms with Crippen molar-refractivity contribution in [3.8, 4) is 11.5 Å². The van der Waals surface area contributed by atoms with Gasteiger partial charge in [-0.3, -0.25) is 9.69 Å². The summed E-state index contributed by atoms with van der Waals surface area (Å²) < 4.78 is 22.2. The SMILES string of the molecule is COC(=O)c1ccc(CN2C(=O)N/C(=C/c3cc(Br)cc(OC)c3OCc3ccc(Cl)cc3)C2=O)o1. The molecule has 11 heteroatoms. The van der Waals surface area contributed by atoms with E-state index in [1.807, 2.05) is 12.1 Å². The van der Waals surface area contributed by atoms with Gasteiger partial charge in [-0.2, -0.15) is 0 Å².